The molecule has 0 amide bonds. The summed E-state index contributed by atoms with van der Waals surface area (Å²) in [5.74, 6) is -1.50. The van der Waals surface area contributed by atoms with Gasteiger partial charge in [0.05, 0.1) is 16.5 Å². The summed E-state index contributed by atoms with van der Waals surface area (Å²) < 4.78 is 83.0. The number of nitrogens with zero attached hydrogens (tertiary/aromatic N) is 3. The maximum Gasteiger partial charge on any atom is 0.425 e. The lowest BCUT2D eigenvalue weighted by molar-refractivity contribution is -0.189. The van der Waals surface area contributed by atoms with Crippen molar-refractivity contribution < 1.29 is 30.7 Å². The van der Waals surface area contributed by atoms with Gasteiger partial charge in [-0.25, -0.2) is 27.8 Å². The average Bonchev–Trinajstić information content (AvgIpc) is 2.76. The molecule has 1 atom stereocenters. The van der Waals surface area contributed by atoms with Crippen LogP contribution in [0.1, 0.15) is 13.8 Å². The quantitative estimate of drug-likeness (QED) is 0.387. The van der Waals surface area contributed by atoms with Crippen LogP contribution in [0.15, 0.2) is 47.8 Å². The molecule has 14 heteroatoms. The van der Waals surface area contributed by atoms with Crippen LogP contribution in [-0.2, 0) is 9.84 Å². The van der Waals surface area contributed by atoms with Gasteiger partial charge in [0.2, 0.25) is 0 Å². The Balaban J connectivity index is 1.98. The maximum absolute atomic E-state index is 14.5. The van der Waals surface area contributed by atoms with Crippen molar-refractivity contribution in [3.8, 4) is 5.75 Å². The van der Waals surface area contributed by atoms with Gasteiger partial charge in [-0.05, 0) is 25.1 Å². The second-order valence-corrected chi connectivity index (χ2v) is 9.57. The van der Waals surface area contributed by atoms with Crippen molar-refractivity contribution in [3.05, 3.63) is 53.7 Å². The van der Waals surface area contributed by atoms with Crippen LogP contribution in [0.4, 0.5) is 40.7 Å². The van der Waals surface area contributed by atoms with Gasteiger partial charge in [-0.3, -0.25) is 0 Å². The topological polar surface area (TPSA) is 106 Å². The summed E-state index contributed by atoms with van der Waals surface area (Å²) in [7, 11) is -4.03. The molecule has 2 heterocycles. The van der Waals surface area contributed by atoms with E-state index >= 15 is 0 Å². The predicted octanol–water partition coefficient (Wildman–Crippen LogP) is 5.27. The molecule has 1 aromatic carbocycles. The van der Waals surface area contributed by atoms with Crippen molar-refractivity contribution >= 4 is 44.6 Å². The van der Waals surface area contributed by atoms with Crippen molar-refractivity contribution in [2.45, 2.75) is 31.0 Å². The third kappa shape index (κ3) is 6.23. The fourth-order valence-corrected chi connectivity index (χ4v) is 3.67. The van der Waals surface area contributed by atoms with Gasteiger partial charge in [0.1, 0.15) is 40.2 Å². The maximum atomic E-state index is 14.5. The lowest BCUT2D eigenvalue weighted by Crippen LogP contribution is -2.31. The molecule has 0 aliphatic heterocycles. The van der Waals surface area contributed by atoms with Crippen LogP contribution in [0.2, 0.25) is 5.02 Å². The number of ether oxygens (including phenoxy) is 1. The fraction of sp³-hybridized carbons (Fsp3) is 0.250. The van der Waals surface area contributed by atoms with Crippen molar-refractivity contribution in [1.82, 2.24) is 15.0 Å². The van der Waals surface area contributed by atoms with E-state index in [9.17, 15) is 26.0 Å². The Labute approximate surface area is 197 Å². The number of pyridine rings is 1. The third-order valence-electron chi connectivity index (χ3n) is 4.43. The first-order valence-corrected chi connectivity index (χ1v) is 11.7. The van der Waals surface area contributed by atoms with E-state index in [-0.39, 0.29) is 17.3 Å². The molecule has 8 nitrogen and oxygen atoms in total. The molecular weight excluding hydrogens is 502 g/mol. The second-order valence-electron chi connectivity index (χ2n) is 6.88. The molecule has 0 aliphatic rings. The van der Waals surface area contributed by atoms with Crippen LogP contribution in [0, 0.1) is 5.82 Å². The van der Waals surface area contributed by atoms with Crippen LogP contribution >= 0.6 is 11.6 Å². The normalized spacial score (nSPS) is 12.8. The van der Waals surface area contributed by atoms with Gasteiger partial charge in [0.15, 0.2) is 15.9 Å². The molecule has 3 aromatic rings. The Kier molecular flexibility index (Phi) is 7.46. The van der Waals surface area contributed by atoms with E-state index in [1.54, 1.807) is 12.1 Å². The minimum Gasteiger partial charge on any atom is -0.479 e. The van der Waals surface area contributed by atoms with Gasteiger partial charge >= 0.3 is 6.18 Å². The number of hydrogen-bond acceptors (Lipinski definition) is 8. The Bertz CT molecular complexity index is 1270. The first-order chi connectivity index (χ1) is 15.9. The van der Waals surface area contributed by atoms with Crippen LogP contribution < -0.4 is 15.4 Å². The van der Waals surface area contributed by atoms with Crippen LogP contribution in [-0.4, -0.2) is 41.4 Å². The SMILES string of the molecule is CCS(=O)(=O)c1cc(Nc2cc(Nc3ccc(Cl)cn3)ncn2)c(OC(C)C(F)(F)F)cc1F. The molecule has 0 spiro atoms. The summed E-state index contributed by atoms with van der Waals surface area (Å²) in [4.78, 5) is 11.3. The number of rotatable bonds is 8. The largest absolute Gasteiger partial charge is 0.479 e. The zero-order chi connectivity index (χ0) is 25.1. The molecule has 2 N–H and O–H groups in total. The van der Waals surface area contributed by atoms with E-state index in [0.29, 0.717) is 16.9 Å². The van der Waals surface area contributed by atoms with Crippen LogP contribution in [0.25, 0.3) is 0 Å². The number of sulfone groups is 1. The summed E-state index contributed by atoms with van der Waals surface area (Å²) in [5, 5.41) is 5.98. The molecule has 34 heavy (non-hydrogen) atoms. The first-order valence-electron chi connectivity index (χ1n) is 9.66. The van der Waals surface area contributed by atoms with E-state index < -0.39 is 44.3 Å². The van der Waals surface area contributed by atoms with E-state index in [1.807, 2.05) is 0 Å². The average molecular weight is 520 g/mol. The van der Waals surface area contributed by atoms with Crippen molar-refractivity contribution in [2.75, 3.05) is 16.4 Å². The highest BCUT2D eigenvalue weighted by atomic mass is 35.5. The number of anilines is 4. The first kappa shape index (κ1) is 25.4. The molecule has 0 saturated carbocycles. The molecule has 0 bridgehead atoms. The molecule has 3 rings (SSSR count). The zero-order valence-corrected chi connectivity index (χ0v) is 19.3. The summed E-state index contributed by atoms with van der Waals surface area (Å²) in [6.45, 7) is 2.05. The number of halogens is 5. The fourth-order valence-electron chi connectivity index (χ4n) is 2.59. The number of alkyl halides is 3. The minimum absolute atomic E-state index is 0.0578. The molecule has 0 saturated heterocycles. The van der Waals surface area contributed by atoms with Crippen molar-refractivity contribution in [3.63, 3.8) is 0 Å². The number of aromatic nitrogens is 3. The predicted molar refractivity (Wildman–Crippen MR) is 118 cm³/mol. The van der Waals surface area contributed by atoms with E-state index in [2.05, 4.69) is 25.6 Å². The molecular formula is C20H18ClF4N5O3S. The van der Waals surface area contributed by atoms with Gasteiger partial charge in [0, 0.05) is 18.3 Å². The Hall–Kier alpha value is -3.19. The summed E-state index contributed by atoms with van der Waals surface area (Å²) >= 11 is 5.80. The second kappa shape index (κ2) is 9.97. The smallest absolute Gasteiger partial charge is 0.425 e. The lowest BCUT2D eigenvalue weighted by Gasteiger charge is -2.21. The summed E-state index contributed by atoms with van der Waals surface area (Å²) in [5.41, 5.74) is -0.237. The van der Waals surface area contributed by atoms with Crippen LogP contribution in [0.5, 0.6) is 5.75 Å². The van der Waals surface area contributed by atoms with Gasteiger partial charge < -0.3 is 15.4 Å². The monoisotopic (exact) mass is 519 g/mol. The molecule has 0 radical (unpaired) electrons. The molecule has 182 valence electrons. The van der Waals surface area contributed by atoms with Gasteiger partial charge in [-0.15, -0.1) is 0 Å². The Morgan fingerprint density at radius 3 is 2.32 bits per heavy atom. The van der Waals surface area contributed by atoms with Gasteiger partial charge in [-0.2, -0.15) is 13.2 Å². The summed E-state index contributed by atoms with van der Waals surface area (Å²) in [6.07, 6.45) is -4.48. The Morgan fingerprint density at radius 1 is 1.06 bits per heavy atom. The lowest BCUT2D eigenvalue weighted by atomic mass is 10.2. The highest BCUT2D eigenvalue weighted by Crippen LogP contribution is 2.35. The van der Waals surface area contributed by atoms with E-state index in [1.165, 1.54) is 19.2 Å². The van der Waals surface area contributed by atoms with Crippen LogP contribution in [0.3, 0.4) is 0 Å². The van der Waals surface area contributed by atoms with E-state index in [4.69, 9.17) is 16.3 Å². The van der Waals surface area contributed by atoms with Gasteiger partial charge in [0.25, 0.3) is 0 Å². The number of benzene rings is 1. The molecule has 1 unspecified atom stereocenters. The zero-order valence-electron chi connectivity index (χ0n) is 17.7. The van der Waals surface area contributed by atoms with E-state index in [0.717, 1.165) is 19.3 Å². The van der Waals surface area contributed by atoms with Gasteiger partial charge in [-0.1, -0.05) is 18.5 Å². The molecule has 0 fully saturated rings. The standard InChI is InChI=1S/C20H18ClF4N5O3S/c1-3-34(31,32)16-7-14(15(6-13(16)22)33-11(2)20(23,24)25)29-18-8-19(28-10-27-18)30-17-5-4-12(21)9-26-17/h4-11H,3H2,1-2H3,(H2,26,27,28,29,30). The Morgan fingerprint density at radius 2 is 1.74 bits per heavy atom. The highest BCUT2D eigenvalue weighted by Gasteiger charge is 2.38. The van der Waals surface area contributed by atoms with Crippen molar-refractivity contribution in [2.24, 2.45) is 0 Å². The minimum atomic E-state index is -4.74. The third-order valence-corrected chi connectivity index (χ3v) is 6.39. The highest BCUT2D eigenvalue weighted by molar-refractivity contribution is 7.91. The summed E-state index contributed by atoms with van der Waals surface area (Å²) in [6, 6.07) is 6.01. The van der Waals surface area contributed by atoms with Crippen molar-refractivity contribution in [1.29, 1.82) is 0 Å². The number of hydrogen-bond donors (Lipinski definition) is 2. The molecule has 0 aliphatic carbocycles. The number of nitrogens with one attached hydrogen (secondary N) is 2. The molecule has 2 aromatic heterocycles.